The summed E-state index contributed by atoms with van der Waals surface area (Å²) >= 11 is 8.33. The van der Waals surface area contributed by atoms with E-state index in [1.54, 1.807) is 44.6 Å². The molecule has 9 heteroatoms. The third-order valence-electron chi connectivity index (χ3n) is 5.83. The first kappa shape index (κ1) is 25.1. The Balaban J connectivity index is 1.36. The summed E-state index contributed by atoms with van der Waals surface area (Å²) in [5.41, 5.74) is 2.71. The number of hydrogen-bond acceptors (Lipinski definition) is 5. The second-order valence-electron chi connectivity index (χ2n) is 8.01. The van der Waals surface area contributed by atoms with Gasteiger partial charge in [-0.2, -0.15) is 0 Å². The Morgan fingerprint density at radius 3 is 2.11 bits per heavy atom. The smallest absolute Gasteiger partial charge is 0.257 e. The van der Waals surface area contributed by atoms with Crippen molar-refractivity contribution in [3.05, 3.63) is 80.4 Å². The van der Waals surface area contributed by atoms with E-state index in [1.165, 1.54) is 0 Å². The van der Waals surface area contributed by atoms with E-state index in [4.69, 9.17) is 21.1 Å². The van der Waals surface area contributed by atoms with Gasteiger partial charge in [-0.15, -0.1) is 0 Å². The van der Waals surface area contributed by atoms with E-state index in [9.17, 15) is 9.59 Å². The van der Waals surface area contributed by atoms with Gasteiger partial charge in [0.05, 0.1) is 24.8 Å². The highest BCUT2D eigenvalue weighted by Gasteiger charge is 2.23. The first-order chi connectivity index (χ1) is 16.9. The van der Waals surface area contributed by atoms with Gasteiger partial charge in [0.25, 0.3) is 11.8 Å². The van der Waals surface area contributed by atoms with Gasteiger partial charge in [-0.25, -0.2) is 0 Å². The fraction of sp³-hybridized carbons (Fsp3) is 0.231. The first-order valence-electron chi connectivity index (χ1n) is 11.0. The van der Waals surface area contributed by atoms with E-state index in [1.807, 2.05) is 35.2 Å². The molecule has 4 rings (SSSR count). The van der Waals surface area contributed by atoms with Crippen molar-refractivity contribution in [1.29, 1.82) is 0 Å². The van der Waals surface area contributed by atoms with Gasteiger partial charge in [0, 0.05) is 52.8 Å². The van der Waals surface area contributed by atoms with Gasteiger partial charge in [0.15, 0.2) is 0 Å². The third kappa shape index (κ3) is 5.99. The lowest BCUT2D eigenvalue weighted by molar-refractivity contribution is 0.0746. The molecule has 0 aliphatic carbocycles. The number of rotatable bonds is 6. The van der Waals surface area contributed by atoms with Crippen LogP contribution in [0.3, 0.4) is 0 Å². The van der Waals surface area contributed by atoms with Crippen LogP contribution in [-0.4, -0.2) is 57.1 Å². The van der Waals surface area contributed by atoms with Crippen molar-refractivity contribution < 1.29 is 19.1 Å². The molecular formula is C26H25ClIN3O4. The van der Waals surface area contributed by atoms with Crippen LogP contribution in [0.1, 0.15) is 20.7 Å². The van der Waals surface area contributed by atoms with Gasteiger partial charge in [0.2, 0.25) is 0 Å². The number of piperazine rings is 1. The number of carbonyl (C=O) groups is 2. The van der Waals surface area contributed by atoms with Crippen molar-refractivity contribution in [2.45, 2.75) is 0 Å². The van der Waals surface area contributed by atoms with Gasteiger partial charge < -0.3 is 24.6 Å². The number of ether oxygens (including phenoxy) is 2. The zero-order valence-electron chi connectivity index (χ0n) is 19.4. The minimum atomic E-state index is -0.248. The number of amides is 2. The largest absolute Gasteiger partial charge is 0.497 e. The molecule has 1 aliphatic rings. The zero-order valence-corrected chi connectivity index (χ0v) is 22.3. The van der Waals surface area contributed by atoms with E-state index in [-0.39, 0.29) is 11.8 Å². The molecule has 1 aliphatic heterocycles. The lowest BCUT2D eigenvalue weighted by Gasteiger charge is -2.36. The Hall–Kier alpha value is -2.98. The number of nitrogens with one attached hydrogen (secondary N) is 1. The predicted molar refractivity (Wildman–Crippen MR) is 146 cm³/mol. The van der Waals surface area contributed by atoms with Gasteiger partial charge >= 0.3 is 0 Å². The van der Waals surface area contributed by atoms with E-state index in [0.29, 0.717) is 59.5 Å². The van der Waals surface area contributed by atoms with Crippen molar-refractivity contribution in [1.82, 2.24) is 4.90 Å². The molecule has 0 unspecified atom stereocenters. The lowest BCUT2D eigenvalue weighted by Crippen LogP contribution is -2.48. The molecule has 3 aromatic carbocycles. The van der Waals surface area contributed by atoms with Crippen molar-refractivity contribution in [2.75, 3.05) is 50.6 Å². The highest BCUT2D eigenvalue weighted by Crippen LogP contribution is 2.25. The quantitative estimate of drug-likeness (QED) is 0.393. The molecule has 0 aromatic heterocycles. The average Bonchev–Trinajstić information content (AvgIpc) is 2.89. The fourth-order valence-electron chi connectivity index (χ4n) is 3.91. The summed E-state index contributed by atoms with van der Waals surface area (Å²) in [4.78, 5) is 29.7. The summed E-state index contributed by atoms with van der Waals surface area (Å²) in [7, 11) is 3.13. The SMILES string of the molecule is COc1cc(OC)cc(C(=O)N2CCN(c3ccc(NC(=O)c4cc(I)ccc4Cl)cc3)CC2)c1. The van der Waals surface area contributed by atoms with Crippen LogP contribution in [-0.2, 0) is 0 Å². The van der Waals surface area contributed by atoms with E-state index < -0.39 is 0 Å². The molecule has 7 nitrogen and oxygen atoms in total. The molecule has 2 amide bonds. The zero-order chi connectivity index (χ0) is 24.9. The molecule has 35 heavy (non-hydrogen) atoms. The second-order valence-corrected chi connectivity index (χ2v) is 9.66. The molecule has 0 bridgehead atoms. The molecule has 182 valence electrons. The molecule has 1 fully saturated rings. The van der Waals surface area contributed by atoms with Crippen LogP contribution in [0, 0.1) is 3.57 Å². The minimum Gasteiger partial charge on any atom is -0.497 e. The van der Waals surface area contributed by atoms with Crippen LogP contribution in [0.25, 0.3) is 0 Å². The number of anilines is 2. The van der Waals surface area contributed by atoms with Crippen LogP contribution < -0.4 is 19.7 Å². The van der Waals surface area contributed by atoms with E-state index >= 15 is 0 Å². The Morgan fingerprint density at radius 1 is 0.886 bits per heavy atom. The average molecular weight is 606 g/mol. The molecule has 1 saturated heterocycles. The lowest BCUT2D eigenvalue weighted by atomic mass is 10.1. The fourth-order valence-corrected chi connectivity index (χ4v) is 4.60. The third-order valence-corrected chi connectivity index (χ3v) is 6.83. The number of nitrogens with zero attached hydrogens (tertiary/aromatic N) is 2. The Bertz CT molecular complexity index is 1210. The van der Waals surface area contributed by atoms with Crippen molar-refractivity contribution in [3.8, 4) is 11.5 Å². The first-order valence-corrected chi connectivity index (χ1v) is 12.5. The summed E-state index contributed by atoms with van der Waals surface area (Å²) in [5, 5.41) is 3.31. The summed E-state index contributed by atoms with van der Waals surface area (Å²) < 4.78 is 11.5. The van der Waals surface area contributed by atoms with Crippen LogP contribution in [0.15, 0.2) is 60.7 Å². The number of carbonyl (C=O) groups excluding carboxylic acids is 2. The molecule has 0 radical (unpaired) electrons. The van der Waals surface area contributed by atoms with Crippen LogP contribution in [0.4, 0.5) is 11.4 Å². The summed E-state index contributed by atoms with van der Waals surface area (Å²) in [6, 6.07) is 18.2. The maximum absolute atomic E-state index is 13.0. The molecule has 0 saturated carbocycles. The number of benzene rings is 3. The van der Waals surface area contributed by atoms with Crippen LogP contribution >= 0.6 is 34.2 Å². The van der Waals surface area contributed by atoms with Crippen molar-refractivity contribution in [3.63, 3.8) is 0 Å². The normalized spacial score (nSPS) is 13.4. The number of halogens is 2. The summed E-state index contributed by atoms with van der Waals surface area (Å²) in [6.45, 7) is 2.61. The number of hydrogen-bond donors (Lipinski definition) is 1. The predicted octanol–water partition coefficient (Wildman–Crippen LogP) is 5.18. The van der Waals surface area contributed by atoms with Gasteiger partial charge in [-0.1, -0.05) is 11.6 Å². The topological polar surface area (TPSA) is 71.1 Å². The summed E-state index contributed by atoms with van der Waals surface area (Å²) in [6.07, 6.45) is 0. The highest BCUT2D eigenvalue weighted by atomic mass is 127. The molecular weight excluding hydrogens is 581 g/mol. The van der Waals surface area contributed by atoms with E-state index in [2.05, 4.69) is 32.8 Å². The maximum atomic E-state index is 13.0. The van der Waals surface area contributed by atoms with Crippen LogP contribution in [0.5, 0.6) is 11.5 Å². The molecule has 0 atom stereocenters. The number of methoxy groups -OCH3 is 2. The standard InChI is InChI=1S/C26H25ClIN3O4/c1-34-21-13-17(14-22(16-21)35-2)26(33)31-11-9-30(10-12-31)20-6-4-19(5-7-20)29-25(32)23-15-18(28)3-8-24(23)27/h3-8,13-16H,9-12H2,1-2H3,(H,29,32). The highest BCUT2D eigenvalue weighted by molar-refractivity contribution is 14.1. The Morgan fingerprint density at radius 2 is 1.51 bits per heavy atom. The monoisotopic (exact) mass is 605 g/mol. The van der Waals surface area contributed by atoms with Crippen molar-refractivity contribution in [2.24, 2.45) is 0 Å². The molecule has 3 aromatic rings. The maximum Gasteiger partial charge on any atom is 0.257 e. The van der Waals surface area contributed by atoms with E-state index in [0.717, 1.165) is 9.26 Å². The van der Waals surface area contributed by atoms with Gasteiger partial charge in [-0.05, 0) is 77.2 Å². The van der Waals surface area contributed by atoms with Gasteiger partial charge in [-0.3, -0.25) is 9.59 Å². The summed E-state index contributed by atoms with van der Waals surface area (Å²) in [5.74, 6) is 0.877. The molecule has 0 spiro atoms. The Kier molecular flexibility index (Phi) is 8.02. The molecule has 1 N–H and O–H groups in total. The minimum absolute atomic E-state index is 0.0471. The van der Waals surface area contributed by atoms with Crippen molar-refractivity contribution >= 4 is 57.4 Å². The second kappa shape index (κ2) is 11.2. The van der Waals surface area contributed by atoms with Crippen LogP contribution in [0.2, 0.25) is 5.02 Å². The van der Waals surface area contributed by atoms with Gasteiger partial charge in [0.1, 0.15) is 11.5 Å². The molecule has 1 heterocycles. The Labute approximate surface area is 223 Å².